The second-order valence-electron chi connectivity index (χ2n) is 4.48. The van der Waals surface area contributed by atoms with Gasteiger partial charge in [0, 0.05) is 5.39 Å². The van der Waals surface area contributed by atoms with E-state index >= 15 is 0 Å². The highest BCUT2D eigenvalue weighted by Crippen LogP contribution is 2.13. The van der Waals surface area contributed by atoms with Gasteiger partial charge in [0.2, 0.25) is 0 Å². The van der Waals surface area contributed by atoms with Crippen LogP contribution in [-0.4, -0.2) is 12.6 Å². The fourth-order valence-corrected chi connectivity index (χ4v) is 1.52. The molecule has 0 bridgehead atoms. The Bertz CT molecular complexity index is 625. The zero-order chi connectivity index (χ0) is 13.1. The smallest absolute Gasteiger partial charge is 0.351 e. The van der Waals surface area contributed by atoms with Crippen LogP contribution in [0.2, 0.25) is 0 Å². The molecule has 2 rings (SSSR count). The summed E-state index contributed by atoms with van der Waals surface area (Å²) in [5, 5.41) is 0.702. The number of hydrogen-bond acceptors (Lipinski definition) is 4. The van der Waals surface area contributed by atoms with Crippen molar-refractivity contribution in [1.29, 1.82) is 0 Å². The molecule has 0 unspecified atom stereocenters. The Morgan fingerprint density at radius 3 is 2.78 bits per heavy atom. The van der Waals surface area contributed by atoms with E-state index in [2.05, 4.69) is 0 Å². The van der Waals surface area contributed by atoms with E-state index in [9.17, 15) is 9.59 Å². The Kier molecular flexibility index (Phi) is 3.46. The van der Waals surface area contributed by atoms with E-state index in [0.717, 1.165) is 0 Å². The van der Waals surface area contributed by atoms with Crippen LogP contribution < -0.4 is 5.63 Å². The van der Waals surface area contributed by atoms with Gasteiger partial charge >= 0.3 is 11.6 Å². The summed E-state index contributed by atoms with van der Waals surface area (Å²) in [6.07, 6.45) is 0. The largest absolute Gasteiger partial charge is 0.462 e. The lowest BCUT2D eigenvalue weighted by molar-refractivity contribution is 0.0454. The second-order valence-corrected chi connectivity index (χ2v) is 4.48. The fraction of sp³-hybridized carbons (Fsp3) is 0.286. The predicted octanol–water partition coefficient (Wildman–Crippen LogP) is 2.61. The molecule has 0 saturated heterocycles. The van der Waals surface area contributed by atoms with Crippen LogP contribution in [0.25, 0.3) is 11.0 Å². The molecule has 4 nitrogen and oxygen atoms in total. The van der Waals surface area contributed by atoms with Gasteiger partial charge in [-0.05, 0) is 18.1 Å². The predicted molar refractivity (Wildman–Crippen MR) is 67.6 cm³/mol. The standard InChI is InChI=1S/C14H14O4/c1-9(2)8-17-13(15)11-7-10-5-3-4-6-12(10)18-14(11)16/h3-7,9H,8H2,1-2H3. The molecule has 0 aliphatic carbocycles. The zero-order valence-electron chi connectivity index (χ0n) is 10.3. The maximum Gasteiger partial charge on any atom is 0.351 e. The van der Waals surface area contributed by atoms with Crippen molar-refractivity contribution >= 4 is 16.9 Å². The number of carbonyl (C=O) groups is 1. The zero-order valence-corrected chi connectivity index (χ0v) is 10.3. The molecule has 0 N–H and O–H groups in total. The molecule has 0 aliphatic rings. The maximum atomic E-state index is 11.7. The van der Waals surface area contributed by atoms with Crippen LogP contribution in [-0.2, 0) is 4.74 Å². The van der Waals surface area contributed by atoms with Gasteiger partial charge in [0.1, 0.15) is 11.1 Å². The summed E-state index contributed by atoms with van der Waals surface area (Å²) in [7, 11) is 0. The molecule has 0 radical (unpaired) electrons. The Hall–Kier alpha value is -2.10. The van der Waals surface area contributed by atoms with E-state index in [0.29, 0.717) is 11.0 Å². The summed E-state index contributed by atoms with van der Waals surface area (Å²) in [5.74, 6) is -0.412. The summed E-state index contributed by atoms with van der Waals surface area (Å²) < 4.78 is 10.1. The monoisotopic (exact) mass is 246 g/mol. The van der Waals surface area contributed by atoms with Crippen molar-refractivity contribution in [2.24, 2.45) is 5.92 Å². The summed E-state index contributed by atoms with van der Waals surface area (Å²) >= 11 is 0. The molecule has 4 heteroatoms. The van der Waals surface area contributed by atoms with Crippen molar-refractivity contribution in [3.8, 4) is 0 Å². The minimum Gasteiger partial charge on any atom is -0.462 e. The molecule has 18 heavy (non-hydrogen) atoms. The number of hydrogen-bond donors (Lipinski definition) is 0. The number of fused-ring (bicyclic) bond motifs is 1. The third-order valence-electron chi connectivity index (χ3n) is 2.41. The lowest BCUT2D eigenvalue weighted by Crippen LogP contribution is -2.18. The molecule has 0 spiro atoms. The summed E-state index contributed by atoms with van der Waals surface area (Å²) in [6, 6.07) is 8.54. The molecule has 0 aliphatic heterocycles. The maximum absolute atomic E-state index is 11.7. The van der Waals surface area contributed by atoms with Crippen molar-refractivity contribution in [3.05, 3.63) is 46.3 Å². The molecule has 94 valence electrons. The van der Waals surface area contributed by atoms with Crippen molar-refractivity contribution in [2.45, 2.75) is 13.8 Å². The molecule has 0 saturated carbocycles. The van der Waals surface area contributed by atoms with Gasteiger partial charge in [0.05, 0.1) is 6.61 Å². The minimum absolute atomic E-state index is 0.0608. The number of ether oxygens (including phenoxy) is 1. The summed E-state index contributed by atoms with van der Waals surface area (Å²) in [5.41, 5.74) is -0.264. The number of para-hydroxylation sites is 1. The molecule has 0 atom stereocenters. The molecule has 1 aromatic heterocycles. The van der Waals surface area contributed by atoms with Gasteiger partial charge in [-0.1, -0.05) is 32.0 Å². The van der Waals surface area contributed by atoms with Gasteiger partial charge in [-0.15, -0.1) is 0 Å². The lowest BCUT2D eigenvalue weighted by atomic mass is 10.2. The molecule has 2 aromatic rings. The summed E-state index contributed by atoms with van der Waals surface area (Å²) in [4.78, 5) is 23.4. The average Bonchev–Trinajstić information content (AvgIpc) is 2.35. The highest BCUT2D eigenvalue weighted by atomic mass is 16.5. The first-order valence-corrected chi connectivity index (χ1v) is 5.78. The van der Waals surface area contributed by atoms with Crippen LogP contribution in [0.4, 0.5) is 0 Å². The first-order valence-electron chi connectivity index (χ1n) is 5.78. The van der Waals surface area contributed by atoms with Gasteiger partial charge in [0.25, 0.3) is 0 Å². The SMILES string of the molecule is CC(C)COC(=O)c1cc2ccccc2oc1=O. The van der Waals surface area contributed by atoms with Crippen LogP contribution in [0.3, 0.4) is 0 Å². The van der Waals surface area contributed by atoms with Crippen molar-refractivity contribution in [1.82, 2.24) is 0 Å². The van der Waals surface area contributed by atoms with Crippen molar-refractivity contribution in [3.63, 3.8) is 0 Å². The molecule has 1 aromatic carbocycles. The minimum atomic E-state index is -0.664. The fourth-order valence-electron chi connectivity index (χ4n) is 1.52. The Balaban J connectivity index is 2.36. The number of carbonyl (C=O) groups excluding carboxylic acids is 1. The van der Waals surface area contributed by atoms with Gasteiger partial charge in [0.15, 0.2) is 0 Å². The van der Waals surface area contributed by atoms with E-state index < -0.39 is 11.6 Å². The normalized spacial score (nSPS) is 10.8. The number of rotatable bonds is 3. The number of benzene rings is 1. The Labute approximate surface area is 104 Å². The first kappa shape index (κ1) is 12.4. The number of esters is 1. The molecule has 0 amide bonds. The molecule has 1 heterocycles. The topological polar surface area (TPSA) is 56.5 Å². The lowest BCUT2D eigenvalue weighted by Gasteiger charge is -2.06. The van der Waals surface area contributed by atoms with E-state index in [1.54, 1.807) is 18.2 Å². The highest BCUT2D eigenvalue weighted by molar-refractivity contribution is 5.92. The van der Waals surface area contributed by atoms with E-state index in [-0.39, 0.29) is 18.1 Å². The molecular weight excluding hydrogens is 232 g/mol. The van der Waals surface area contributed by atoms with Crippen LogP contribution >= 0.6 is 0 Å². The quantitative estimate of drug-likeness (QED) is 0.617. The van der Waals surface area contributed by atoms with Crippen LogP contribution in [0, 0.1) is 5.92 Å². The second kappa shape index (κ2) is 5.04. The Morgan fingerprint density at radius 2 is 2.06 bits per heavy atom. The third-order valence-corrected chi connectivity index (χ3v) is 2.41. The molecular formula is C14H14O4. The van der Waals surface area contributed by atoms with E-state index in [1.807, 2.05) is 19.9 Å². The van der Waals surface area contributed by atoms with Gasteiger partial charge < -0.3 is 9.15 Å². The third kappa shape index (κ3) is 2.59. The van der Waals surface area contributed by atoms with Gasteiger partial charge in [-0.3, -0.25) is 0 Å². The van der Waals surface area contributed by atoms with E-state index in [4.69, 9.17) is 9.15 Å². The summed E-state index contributed by atoms with van der Waals surface area (Å²) in [6.45, 7) is 4.14. The highest BCUT2D eigenvalue weighted by Gasteiger charge is 2.15. The molecule has 0 fully saturated rings. The first-order chi connectivity index (χ1) is 8.58. The van der Waals surface area contributed by atoms with Crippen LogP contribution in [0.5, 0.6) is 0 Å². The average molecular weight is 246 g/mol. The van der Waals surface area contributed by atoms with Gasteiger partial charge in [-0.2, -0.15) is 0 Å². The van der Waals surface area contributed by atoms with E-state index in [1.165, 1.54) is 6.07 Å². The van der Waals surface area contributed by atoms with Crippen LogP contribution in [0.15, 0.2) is 39.5 Å². The van der Waals surface area contributed by atoms with Crippen molar-refractivity contribution in [2.75, 3.05) is 6.61 Å². The van der Waals surface area contributed by atoms with Crippen LogP contribution in [0.1, 0.15) is 24.2 Å². The van der Waals surface area contributed by atoms with Crippen molar-refractivity contribution < 1.29 is 13.9 Å². The van der Waals surface area contributed by atoms with Gasteiger partial charge in [-0.25, -0.2) is 9.59 Å². The Morgan fingerprint density at radius 1 is 1.33 bits per heavy atom.